The molecule has 2 heterocycles. The fraction of sp³-hybridized carbons (Fsp3) is 0.353. The van der Waals surface area contributed by atoms with Crippen molar-refractivity contribution in [3.05, 3.63) is 88.7 Å². The Morgan fingerprint density at radius 3 is 2.36 bits per heavy atom. The number of carbonyl (C=O) groups is 1. The number of aryl methyl sites for hydroxylation is 3. The average Bonchev–Trinajstić information content (AvgIpc) is 3.29. The number of hydrogen-bond acceptors (Lipinski definition) is 6. The Balaban J connectivity index is 1.41. The van der Waals surface area contributed by atoms with Gasteiger partial charge in [-0.3, -0.25) is 4.79 Å². The highest BCUT2D eigenvalue weighted by Gasteiger charge is 2.45. The molecular weight excluding hydrogens is 544 g/mol. The predicted octanol–water partition coefficient (Wildman–Crippen LogP) is 7.53. The summed E-state index contributed by atoms with van der Waals surface area (Å²) < 4.78 is 13.8. The molecule has 3 aromatic carbocycles. The van der Waals surface area contributed by atoms with Gasteiger partial charge in [0.2, 0.25) is 0 Å². The van der Waals surface area contributed by atoms with Gasteiger partial charge in [0.25, 0.3) is 5.91 Å². The number of methoxy groups -OCH3 is 1. The molecule has 1 aromatic heterocycles. The van der Waals surface area contributed by atoms with Crippen molar-refractivity contribution in [1.82, 2.24) is 14.3 Å². The molecule has 0 aliphatic carbocycles. The maximum Gasteiger partial charge on any atom is 0.276 e. The van der Waals surface area contributed by atoms with E-state index in [9.17, 15) is 4.79 Å². The smallest absolute Gasteiger partial charge is 0.276 e. The summed E-state index contributed by atoms with van der Waals surface area (Å²) in [5.74, 6) is 1.17. The van der Waals surface area contributed by atoms with Crippen molar-refractivity contribution in [1.29, 1.82) is 0 Å². The van der Waals surface area contributed by atoms with Crippen LogP contribution in [0.3, 0.4) is 0 Å². The lowest BCUT2D eigenvalue weighted by Gasteiger charge is -2.49. The zero-order valence-electron chi connectivity index (χ0n) is 25.7. The topological polar surface area (TPSA) is 79.5 Å². The van der Waals surface area contributed by atoms with E-state index in [0.717, 1.165) is 33.7 Å². The lowest BCUT2D eigenvalue weighted by molar-refractivity contribution is -0.107. The molecule has 1 fully saturated rings. The summed E-state index contributed by atoms with van der Waals surface area (Å²) in [6.07, 6.45) is 0. The van der Waals surface area contributed by atoms with E-state index in [1.807, 2.05) is 37.3 Å². The molecule has 1 aliphatic heterocycles. The highest BCUT2D eigenvalue weighted by atomic mass is 32.2. The van der Waals surface area contributed by atoms with E-state index in [1.54, 1.807) is 19.1 Å². The molecule has 5 rings (SSSR count). The summed E-state index contributed by atoms with van der Waals surface area (Å²) in [6.45, 7) is 13.9. The quantitative estimate of drug-likeness (QED) is 0.208. The molecule has 8 heteroatoms. The van der Waals surface area contributed by atoms with Crippen LogP contribution >= 0.6 is 11.9 Å². The van der Waals surface area contributed by atoms with Gasteiger partial charge in [0.15, 0.2) is 0 Å². The Hall–Kier alpha value is -3.59. The van der Waals surface area contributed by atoms with Crippen LogP contribution in [0.4, 0.5) is 5.69 Å². The van der Waals surface area contributed by atoms with Gasteiger partial charge in [-0.05, 0) is 101 Å². The summed E-state index contributed by atoms with van der Waals surface area (Å²) in [5, 5.41) is 3.07. The van der Waals surface area contributed by atoms with Crippen molar-refractivity contribution < 1.29 is 14.3 Å². The van der Waals surface area contributed by atoms with Gasteiger partial charge >= 0.3 is 0 Å². The number of ether oxygens (including phenoxy) is 2. The number of aromatic nitrogens is 2. The molecule has 0 unspecified atom stereocenters. The van der Waals surface area contributed by atoms with E-state index in [-0.39, 0.29) is 16.2 Å². The van der Waals surface area contributed by atoms with Crippen LogP contribution in [0.15, 0.2) is 60.7 Å². The number of aromatic amines is 1. The number of H-pyrrole nitrogens is 1. The summed E-state index contributed by atoms with van der Waals surface area (Å²) in [7, 11) is 3.80. The van der Waals surface area contributed by atoms with E-state index in [2.05, 4.69) is 86.6 Å². The Kier molecular flexibility index (Phi) is 8.25. The van der Waals surface area contributed by atoms with Gasteiger partial charge in [-0.2, -0.15) is 0 Å². The van der Waals surface area contributed by atoms with Crippen molar-refractivity contribution in [3.63, 3.8) is 0 Å². The monoisotopic (exact) mass is 584 g/mol. The Morgan fingerprint density at radius 2 is 1.74 bits per heavy atom. The minimum absolute atomic E-state index is 0.0712. The molecule has 7 nitrogen and oxygen atoms in total. The molecule has 0 bridgehead atoms. The molecule has 0 radical (unpaired) electrons. The van der Waals surface area contributed by atoms with Crippen LogP contribution in [0, 0.1) is 20.8 Å². The minimum Gasteiger partial charge on any atom is -0.496 e. The zero-order chi connectivity index (χ0) is 30.2. The van der Waals surface area contributed by atoms with Crippen molar-refractivity contribution >= 4 is 23.5 Å². The van der Waals surface area contributed by atoms with Gasteiger partial charge in [-0.15, -0.1) is 0 Å². The summed E-state index contributed by atoms with van der Waals surface area (Å²) >= 11 is 1.80. The molecule has 0 saturated carbocycles. The van der Waals surface area contributed by atoms with Gasteiger partial charge in [0.05, 0.1) is 20.3 Å². The van der Waals surface area contributed by atoms with Crippen LogP contribution in [0.25, 0.3) is 22.5 Å². The molecule has 1 aliphatic rings. The fourth-order valence-corrected chi connectivity index (χ4v) is 6.72. The summed E-state index contributed by atoms with van der Waals surface area (Å²) in [5.41, 5.74) is 8.01. The van der Waals surface area contributed by atoms with Gasteiger partial charge in [-0.1, -0.05) is 42.3 Å². The van der Waals surface area contributed by atoms with Gasteiger partial charge < -0.3 is 19.8 Å². The van der Waals surface area contributed by atoms with Crippen molar-refractivity contribution in [2.75, 3.05) is 32.7 Å². The molecule has 42 heavy (non-hydrogen) atoms. The first-order valence-electron chi connectivity index (χ1n) is 14.2. The number of carbonyl (C=O) groups excluding carboxylic acids is 1. The number of nitrogens with one attached hydrogen (secondary N) is 2. The highest BCUT2D eigenvalue weighted by molar-refractivity contribution is 7.98. The first-order chi connectivity index (χ1) is 19.9. The number of benzene rings is 3. The van der Waals surface area contributed by atoms with Crippen LogP contribution in [0.5, 0.6) is 5.75 Å². The van der Waals surface area contributed by atoms with E-state index in [1.165, 1.54) is 11.1 Å². The molecule has 0 atom stereocenters. The lowest BCUT2D eigenvalue weighted by Crippen LogP contribution is -2.56. The standard InChI is InChI=1S/C34H40N4O3S/c1-21-11-9-12-22(2)29(21)27-17-24(15-16-28(27)40-8)31-35-23(3)30(37-31)32(39)36-26-14-10-13-25(18-26)34(19-41-20-34)38(7)42-33(4,5)6/h9-18H,19-20H2,1-8H3,(H,35,37)(H,36,39). The largest absolute Gasteiger partial charge is 0.496 e. The van der Waals surface area contributed by atoms with Crippen molar-refractivity contribution in [2.24, 2.45) is 0 Å². The molecule has 2 N–H and O–H groups in total. The Labute approximate surface area is 253 Å². The van der Waals surface area contributed by atoms with Crippen LogP contribution in [-0.4, -0.2) is 52.3 Å². The lowest BCUT2D eigenvalue weighted by atomic mass is 9.88. The van der Waals surface area contributed by atoms with Crippen molar-refractivity contribution in [3.8, 4) is 28.3 Å². The second kappa shape index (κ2) is 11.6. The van der Waals surface area contributed by atoms with Gasteiger partial charge in [0, 0.05) is 27.3 Å². The third-order valence-electron chi connectivity index (χ3n) is 7.68. The van der Waals surface area contributed by atoms with E-state index < -0.39 is 0 Å². The molecule has 1 amide bonds. The predicted molar refractivity (Wildman–Crippen MR) is 172 cm³/mol. The molecule has 0 spiro atoms. The number of nitrogens with zero attached hydrogens (tertiary/aromatic N) is 2. The maximum atomic E-state index is 13.5. The van der Waals surface area contributed by atoms with Gasteiger partial charge in [-0.25, -0.2) is 9.29 Å². The second-order valence-corrected chi connectivity index (χ2v) is 14.0. The van der Waals surface area contributed by atoms with Crippen molar-refractivity contribution in [2.45, 2.75) is 51.8 Å². The molecule has 4 aromatic rings. The second-order valence-electron chi connectivity index (χ2n) is 12.0. The summed E-state index contributed by atoms with van der Waals surface area (Å²) in [4.78, 5) is 21.5. The van der Waals surface area contributed by atoms with Crippen LogP contribution < -0.4 is 10.1 Å². The number of imidazole rings is 1. The van der Waals surface area contributed by atoms with Crippen LogP contribution in [0.1, 0.15) is 53.6 Å². The number of likely N-dealkylation sites (N-methyl/N-ethyl adjacent to an activating group) is 1. The summed E-state index contributed by atoms with van der Waals surface area (Å²) in [6, 6.07) is 20.3. The van der Waals surface area contributed by atoms with Crippen LogP contribution in [0.2, 0.25) is 0 Å². The van der Waals surface area contributed by atoms with E-state index >= 15 is 0 Å². The number of amides is 1. The average molecular weight is 585 g/mol. The molecule has 220 valence electrons. The zero-order valence-corrected chi connectivity index (χ0v) is 26.5. The minimum atomic E-state index is -0.257. The SMILES string of the molecule is COc1ccc(-c2nc(C(=O)Nc3cccc(C4(N(C)SC(C)(C)C)COC4)c3)c(C)[nH]2)cc1-c1c(C)cccc1C. The van der Waals surface area contributed by atoms with E-state index in [0.29, 0.717) is 30.4 Å². The highest BCUT2D eigenvalue weighted by Crippen LogP contribution is 2.43. The molecular formula is C34H40N4O3S. The first-order valence-corrected chi connectivity index (χ1v) is 14.9. The fourth-order valence-electron chi connectivity index (χ4n) is 5.51. The number of hydrogen-bond donors (Lipinski definition) is 2. The Morgan fingerprint density at radius 1 is 1.05 bits per heavy atom. The third kappa shape index (κ3) is 5.84. The Bertz CT molecular complexity index is 1600. The number of rotatable bonds is 8. The van der Waals surface area contributed by atoms with Gasteiger partial charge in [0.1, 0.15) is 22.8 Å². The third-order valence-corrected chi connectivity index (χ3v) is 8.85. The first kappa shape index (κ1) is 29.9. The van der Waals surface area contributed by atoms with Crippen LogP contribution in [-0.2, 0) is 10.3 Å². The maximum absolute atomic E-state index is 13.5. The molecule has 1 saturated heterocycles. The number of anilines is 1. The van der Waals surface area contributed by atoms with E-state index in [4.69, 9.17) is 14.5 Å². The normalized spacial score (nSPS) is 14.5.